The van der Waals surface area contributed by atoms with Gasteiger partial charge in [0.15, 0.2) is 0 Å². The largest absolute Gasteiger partial charge is 0.303 e. The van der Waals surface area contributed by atoms with Crippen LogP contribution in [0.25, 0.3) is 0 Å². The normalized spacial score (nSPS) is 7.00. The highest BCUT2D eigenvalue weighted by atomic mass is 35.5. The molecule has 0 radical (unpaired) electrons. The van der Waals surface area contributed by atoms with Crippen LogP contribution >= 0.6 is 24.0 Å². The van der Waals surface area contributed by atoms with Gasteiger partial charge < -0.3 is 4.84 Å². The molecule has 0 aromatic carbocycles. The Kier molecular flexibility index (Phi) is 14.7. The van der Waals surface area contributed by atoms with Gasteiger partial charge in [0, 0.05) is 5.88 Å². The van der Waals surface area contributed by atoms with Crippen LogP contribution in [0.5, 0.6) is 0 Å². The summed E-state index contributed by atoms with van der Waals surface area (Å²) in [6.45, 7) is 0.432. The molecule has 0 atom stereocenters. The first-order valence-corrected chi connectivity index (χ1v) is 1.83. The molecule has 0 amide bonds. The van der Waals surface area contributed by atoms with Gasteiger partial charge in [0.1, 0.15) is 0 Å². The van der Waals surface area contributed by atoms with Crippen molar-refractivity contribution in [2.75, 3.05) is 12.5 Å². The molecular weight excluding hydrogens is 125 g/mol. The molecule has 0 heterocycles. The monoisotopic (exact) mass is 131 g/mol. The SMILES string of the molecule is Cl.NOCCCl. The Bertz CT molecular complexity index is 19.0. The van der Waals surface area contributed by atoms with Crippen molar-refractivity contribution in [3.63, 3.8) is 0 Å². The molecule has 0 rings (SSSR count). The topological polar surface area (TPSA) is 35.2 Å². The first-order chi connectivity index (χ1) is 2.41. The lowest BCUT2D eigenvalue weighted by molar-refractivity contribution is 0.154. The smallest absolute Gasteiger partial charge is 0.0814 e. The number of hydrogen-bond donors (Lipinski definition) is 1. The minimum absolute atomic E-state index is 0. The number of rotatable bonds is 2. The Balaban J connectivity index is 0. The third kappa shape index (κ3) is 8.82. The van der Waals surface area contributed by atoms with Crippen LogP contribution in [0.15, 0.2) is 0 Å². The van der Waals surface area contributed by atoms with Crippen molar-refractivity contribution in [1.29, 1.82) is 0 Å². The van der Waals surface area contributed by atoms with Gasteiger partial charge in [0.25, 0.3) is 0 Å². The maximum absolute atomic E-state index is 5.10. The third-order valence-electron chi connectivity index (χ3n) is 0.195. The first kappa shape index (κ1) is 9.71. The van der Waals surface area contributed by atoms with E-state index in [1.807, 2.05) is 0 Å². The van der Waals surface area contributed by atoms with Gasteiger partial charge in [-0.3, -0.25) is 0 Å². The standard InChI is InChI=1S/C2H6ClNO.ClH/c3-1-2-5-4;/h1-2,4H2;1H. The first-order valence-electron chi connectivity index (χ1n) is 1.29. The lowest BCUT2D eigenvalue weighted by Crippen LogP contribution is -2.00. The highest BCUT2D eigenvalue weighted by Crippen LogP contribution is 1.68. The van der Waals surface area contributed by atoms with Gasteiger partial charge in [-0.05, 0) is 0 Å². The summed E-state index contributed by atoms with van der Waals surface area (Å²) >= 11 is 5.10. The van der Waals surface area contributed by atoms with E-state index in [9.17, 15) is 0 Å². The van der Waals surface area contributed by atoms with Gasteiger partial charge in [-0.15, -0.1) is 24.0 Å². The lowest BCUT2D eigenvalue weighted by atomic mass is 10.9. The molecule has 0 aliphatic heterocycles. The minimum Gasteiger partial charge on any atom is -0.303 e. The van der Waals surface area contributed by atoms with Crippen LogP contribution in [-0.4, -0.2) is 12.5 Å². The second kappa shape index (κ2) is 9.09. The summed E-state index contributed by atoms with van der Waals surface area (Å²) in [4.78, 5) is 4.06. The fourth-order valence-corrected chi connectivity index (χ4v) is 0.134. The van der Waals surface area contributed by atoms with Crippen molar-refractivity contribution < 1.29 is 4.84 Å². The van der Waals surface area contributed by atoms with E-state index in [0.717, 1.165) is 0 Å². The molecule has 2 N–H and O–H groups in total. The summed E-state index contributed by atoms with van der Waals surface area (Å²) in [5.74, 6) is 5.02. The van der Waals surface area contributed by atoms with Gasteiger partial charge in [-0.1, -0.05) is 0 Å². The Labute approximate surface area is 48.0 Å². The van der Waals surface area contributed by atoms with E-state index in [2.05, 4.69) is 10.7 Å². The zero-order chi connectivity index (χ0) is 4.12. The Morgan fingerprint density at radius 1 is 1.67 bits per heavy atom. The average Bonchev–Trinajstić information content (AvgIpc) is 1.41. The van der Waals surface area contributed by atoms with Gasteiger partial charge in [-0.2, -0.15) is 0 Å². The zero-order valence-electron chi connectivity index (χ0n) is 3.19. The van der Waals surface area contributed by atoms with Gasteiger partial charge in [0.2, 0.25) is 0 Å². The van der Waals surface area contributed by atoms with Gasteiger partial charge in [0.05, 0.1) is 6.61 Å². The van der Waals surface area contributed by atoms with Crippen LogP contribution in [0.3, 0.4) is 0 Å². The predicted octanol–water partition coefficient (Wildman–Crippen LogP) is 0.537. The zero-order valence-corrected chi connectivity index (χ0v) is 4.76. The highest BCUT2D eigenvalue weighted by molar-refractivity contribution is 6.17. The fourth-order valence-electron chi connectivity index (χ4n) is 0.0445. The maximum Gasteiger partial charge on any atom is 0.0814 e. The van der Waals surface area contributed by atoms with E-state index in [4.69, 9.17) is 11.6 Å². The van der Waals surface area contributed by atoms with E-state index < -0.39 is 0 Å². The van der Waals surface area contributed by atoms with Crippen LogP contribution in [0.1, 0.15) is 0 Å². The number of alkyl halides is 1. The molecule has 40 valence electrons. The highest BCUT2D eigenvalue weighted by Gasteiger charge is 1.69. The van der Waals surface area contributed by atoms with E-state index in [0.29, 0.717) is 12.5 Å². The lowest BCUT2D eigenvalue weighted by Gasteiger charge is -1.82. The van der Waals surface area contributed by atoms with Gasteiger partial charge in [-0.25, -0.2) is 5.90 Å². The quantitative estimate of drug-likeness (QED) is 0.439. The molecule has 0 saturated carbocycles. The molecule has 6 heavy (non-hydrogen) atoms. The molecule has 0 unspecified atom stereocenters. The second-order valence-electron chi connectivity index (χ2n) is 0.560. The van der Waals surface area contributed by atoms with Crippen molar-refractivity contribution in [2.24, 2.45) is 5.90 Å². The molecule has 0 aliphatic carbocycles. The second-order valence-corrected chi connectivity index (χ2v) is 0.938. The third-order valence-corrected chi connectivity index (χ3v) is 0.349. The molecule has 0 saturated heterocycles. The van der Waals surface area contributed by atoms with Crippen LogP contribution in [0, 0.1) is 0 Å². The summed E-state index contributed by atoms with van der Waals surface area (Å²) in [5.41, 5.74) is 0. The number of halogens is 2. The molecule has 0 fully saturated rings. The van der Waals surface area contributed by atoms with Gasteiger partial charge >= 0.3 is 0 Å². The molecule has 4 heteroatoms. The van der Waals surface area contributed by atoms with Crippen LogP contribution in [-0.2, 0) is 4.84 Å². The summed E-state index contributed by atoms with van der Waals surface area (Å²) in [6, 6.07) is 0. The van der Waals surface area contributed by atoms with Crippen molar-refractivity contribution in [3.05, 3.63) is 0 Å². The summed E-state index contributed by atoms with van der Waals surface area (Å²) < 4.78 is 0. The molecular formula is C2H7Cl2NO. The number of nitrogens with two attached hydrogens (primary N) is 1. The fraction of sp³-hybridized carbons (Fsp3) is 1.00. The van der Waals surface area contributed by atoms with E-state index in [1.165, 1.54) is 0 Å². The summed E-state index contributed by atoms with van der Waals surface area (Å²) in [5, 5.41) is 0. The average molecular weight is 132 g/mol. The van der Waals surface area contributed by atoms with Crippen molar-refractivity contribution in [2.45, 2.75) is 0 Å². The van der Waals surface area contributed by atoms with Crippen molar-refractivity contribution in [3.8, 4) is 0 Å². The van der Waals surface area contributed by atoms with Crippen molar-refractivity contribution >= 4 is 24.0 Å². The Hall–Kier alpha value is 0.500. The number of hydrogen-bond acceptors (Lipinski definition) is 2. The van der Waals surface area contributed by atoms with E-state index >= 15 is 0 Å². The molecule has 0 bridgehead atoms. The maximum atomic E-state index is 5.10. The Morgan fingerprint density at radius 3 is 2.17 bits per heavy atom. The van der Waals surface area contributed by atoms with Crippen LogP contribution < -0.4 is 5.90 Å². The molecule has 0 spiro atoms. The minimum atomic E-state index is 0. The van der Waals surface area contributed by atoms with Crippen LogP contribution in [0.2, 0.25) is 0 Å². The molecule has 0 aromatic rings. The molecule has 0 aliphatic rings. The predicted molar refractivity (Wildman–Crippen MR) is 28.1 cm³/mol. The van der Waals surface area contributed by atoms with E-state index in [1.54, 1.807) is 0 Å². The molecule has 2 nitrogen and oxygen atoms in total. The van der Waals surface area contributed by atoms with Crippen LogP contribution in [0.4, 0.5) is 0 Å². The summed E-state index contributed by atoms with van der Waals surface area (Å²) in [7, 11) is 0. The van der Waals surface area contributed by atoms with Crippen molar-refractivity contribution in [1.82, 2.24) is 0 Å². The molecule has 0 aromatic heterocycles. The summed E-state index contributed by atoms with van der Waals surface area (Å²) in [6.07, 6.45) is 0. The van der Waals surface area contributed by atoms with E-state index in [-0.39, 0.29) is 12.4 Å². The Morgan fingerprint density at radius 2 is 2.17 bits per heavy atom.